The van der Waals surface area contributed by atoms with Gasteiger partial charge in [0.1, 0.15) is 9.84 Å². The molecule has 120 valence electrons. The third-order valence-electron chi connectivity index (χ3n) is 3.59. The lowest BCUT2D eigenvalue weighted by Gasteiger charge is -2.26. The molecule has 0 aliphatic rings. The van der Waals surface area contributed by atoms with Gasteiger partial charge in [-0.05, 0) is 38.6 Å². The van der Waals surface area contributed by atoms with Gasteiger partial charge < -0.3 is 10.2 Å². The molecule has 1 unspecified atom stereocenters. The molecular weight excluding hydrogens is 284 g/mol. The number of aryl methyl sites for hydroxylation is 2. The Hall–Kier alpha value is -0.910. The van der Waals surface area contributed by atoms with Gasteiger partial charge in [0.15, 0.2) is 0 Å². The standard InChI is InChI=1S/C16H28N2O2S/c1-6-17-16(12-18(4)9-10-21(5,19)20)15-8-7-13(2)11-14(15)3/h7-8,11,16-17H,6,9-10,12H2,1-5H3. The fourth-order valence-corrected chi connectivity index (χ4v) is 3.10. The van der Waals surface area contributed by atoms with Gasteiger partial charge in [-0.15, -0.1) is 0 Å². The molecule has 0 radical (unpaired) electrons. The van der Waals surface area contributed by atoms with E-state index in [2.05, 4.69) is 49.2 Å². The van der Waals surface area contributed by atoms with Gasteiger partial charge >= 0.3 is 0 Å². The molecular formula is C16H28N2O2S. The maximum atomic E-state index is 11.3. The van der Waals surface area contributed by atoms with E-state index in [-0.39, 0.29) is 11.8 Å². The zero-order valence-electron chi connectivity index (χ0n) is 13.8. The van der Waals surface area contributed by atoms with Crippen LogP contribution in [0, 0.1) is 13.8 Å². The highest BCUT2D eigenvalue weighted by molar-refractivity contribution is 7.90. The number of nitrogens with zero attached hydrogens (tertiary/aromatic N) is 1. The molecule has 0 amide bonds. The Morgan fingerprint density at radius 3 is 2.48 bits per heavy atom. The molecule has 0 heterocycles. The summed E-state index contributed by atoms with van der Waals surface area (Å²) in [7, 11) is -0.936. The third-order valence-corrected chi connectivity index (χ3v) is 4.51. The minimum Gasteiger partial charge on any atom is -0.309 e. The maximum absolute atomic E-state index is 11.3. The monoisotopic (exact) mass is 312 g/mol. The van der Waals surface area contributed by atoms with Crippen LogP contribution < -0.4 is 5.32 Å². The summed E-state index contributed by atoms with van der Waals surface area (Å²) in [6.07, 6.45) is 1.28. The minimum atomic E-state index is -2.91. The molecule has 4 nitrogen and oxygen atoms in total. The summed E-state index contributed by atoms with van der Waals surface area (Å²) in [6, 6.07) is 6.71. The topological polar surface area (TPSA) is 49.4 Å². The summed E-state index contributed by atoms with van der Waals surface area (Å²) in [5, 5.41) is 3.50. The van der Waals surface area contributed by atoms with Crippen LogP contribution in [0.15, 0.2) is 18.2 Å². The minimum absolute atomic E-state index is 0.204. The summed E-state index contributed by atoms with van der Waals surface area (Å²) in [4.78, 5) is 2.08. The van der Waals surface area contributed by atoms with Gasteiger partial charge in [-0.3, -0.25) is 0 Å². The molecule has 21 heavy (non-hydrogen) atoms. The fraction of sp³-hybridized carbons (Fsp3) is 0.625. The number of hydrogen-bond donors (Lipinski definition) is 1. The number of benzene rings is 1. The maximum Gasteiger partial charge on any atom is 0.148 e. The highest BCUT2D eigenvalue weighted by Gasteiger charge is 2.16. The Balaban J connectivity index is 2.77. The Bertz CT molecular complexity index is 555. The van der Waals surface area contributed by atoms with Crippen LogP contribution >= 0.6 is 0 Å². The van der Waals surface area contributed by atoms with E-state index in [9.17, 15) is 8.42 Å². The van der Waals surface area contributed by atoms with Crippen LogP contribution in [0.3, 0.4) is 0 Å². The van der Waals surface area contributed by atoms with E-state index in [1.165, 1.54) is 22.9 Å². The SMILES string of the molecule is CCNC(CN(C)CCS(C)(=O)=O)c1ccc(C)cc1C. The summed E-state index contributed by atoms with van der Waals surface area (Å²) < 4.78 is 22.5. The number of nitrogens with one attached hydrogen (secondary N) is 1. The molecule has 0 spiro atoms. The summed E-state index contributed by atoms with van der Waals surface area (Å²) >= 11 is 0. The van der Waals surface area contributed by atoms with Gasteiger partial charge in [0, 0.05) is 25.4 Å². The van der Waals surface area contributed by atoms with Crippen LogP contribution in [0.25, 0.3) is 0 Å². The van der Waals surface area contributed by atoms with Crippen molar-refractivity contribution in [2.24, 2.45) is 0 Å². The Morgan fingerprint density at radius 2 is 1.95 bits per heavy atom. The number of sulfone groups is 1. The zero-order chi connectivity index (χ0) is 16.0. The molecule has 0 aliphatic heterocycles. The van der Waals surface area contributed by atoms with Crippen molar-refractivity contribution < 1.29 is 8.42 Å². The van der Waals surface area contributed by atoms with Gasteiger partial charge in [0.25, 0.3) is 0 Å². The zero-order valence-corrected chi connectivity index (χ0v) is 14.6. The summed E-state index contributed by atoms with van der Waals surface area (Å²) in [5.41, 5.74) is 3.82. The van der Waals surface area contributed by atoms with Crippen LogP contribution in [0.2, 0.25) is 0 Å². The number of rotatable bonds is 8. The van der Waals surface area contributed by atoms with E-state index in [0.717, 1.165) is 13.1 Å². The Labute approximate surface area is 129 Å². The molecule has 1 rings (SSSR count). The predicted octanol–water partition coefficient (Wildman–Crippen LogP) is 1.93. The van der Waals surface area contributed by atoms with Gasteiger partial charge in [-0.1, -0.05) is 30.7 Å². The van der Waals surface area contributed by atoms with Crippen molar-refractivity contribution in [1.82, 2.24) is 10.2 Å². The first-order chi connectivity index (χ1) is 9.73. The highest BCUT2D eigenvalue weighted by atomic mass is 32.2. The molecule has 1 aromatic carbocycles. The summed E-state index contributed by atoms with van der Waals surface area (Å²) in [5.74, 6) is 0.204. The quantitative estimate of drug-likeness (QED) is 0.797. The molecule has 0 aromatic heterocycles. The molecule has 1 aromatic rings. The second kappa shape index (κ2) is 7.92. The van der Waals surface area contributed by atoms with E-state index < -0.39 is 9.84 Å². The van der Waals surface area contributed by atoms with Crippen molar-refractivity contribution in [3.8, 4) is 0 Å². The van der Waals surface area contributed by atoms with Crippen molar-refractivity contribution >= 4 is 9.84 Å². The average Bonchev–Trinajstić information content (AvgIpc) is 2.35. The first-order valence-electron chi connectivity index (χ1n) is 7.39. The Morgan fingerprint density at radius 1 is 1.29 bits per heavy atom. The van der Waals surface area contributed by atoms with E-state index in [1.807, 2.05) is 7.05 Å². The molecule has 0 saturated carbocycles. The second-order valence-corrected chi connectivity index (χ2v) is 8.12. The average molecular weight is 312 g/mol. The molecule has 0 bridgehead atoms. The van der Waals surface area contributed by atoms with Crippen molar-refractivity contribution in [2.45, 2.75) is 26.8 Å². The molecule has 1 N–H and O–H groups in total. The lowest BCUT2D eigenvalue weighted by Crippen LogP contribution is -2.35. The molecule has 1 atom stereocenters. The van der Waals surface area contributed by atoms with Gasteiger partial charge in [0.05, 0.1) is 5.75 Å². The largest absolute Gasteiger partial charge is 0.309 e. The normalized spacial score (nSPS) is 13.6. The van der Waals surface area contributed by atoms with E-state index in [1.54, 1.807) is 0 Å². The third kappa shape index (κ3) is 6.59. The van der Waals surface area contributed by atoms with Crippen LogP contribution in [0.4, 0.5) is 0 Å². The van der Waals surface area contributed by atoms with Gasteiger partial charge in [-0.25, -0.2) is 8.42 Å². The van der Waals surface area contributed by atoms with Crippen molar-refractivity contribution in [2.75, 3.05) is 38.7 Å². The van der Waals surface area contributed by atoms with Crippen LogP contribution in [-0.4, -0.2) is 52.0 Å². The van der Waals surface area contributed by atoms with E-state index in [0.29, 0.717) is 6.54 Å². The number of likely N-dealkylation sites (N-methyl/N-ethyl adjacent to an activating group) is 2. The Kier molecular flexibility index (Phi) is 6.84. The molecule has 0 aliphatic carbocycles. The van der Waals surface area contributed by atoms with Crippen molar-refractivity contribution in [3.05, 3.63) is 34.9 Å². The first kappa shape index (κ1) is 18.1. The van der Waals surface area contributed by atoms with Crippen LogP contribution in [0.1, 0.15) is 29.7 Å². The van der Waals surface area contributed by atoms with E-state index >= 15 is 0 Å². The van der Waals surface area contributed by atoms with Gasteiger partial charge in [-0.2, -0.15) is 0 Å². The molecule has 0 saturated heterocycles. The van der Waals surface area contributed by atoms with Crippen molar-refractivity contribution in [1.29, 1.82) is 0 Å². The van der Waals surface area contributed by atoms with Crippen LogP contribution in [0.5, 0.6) is 0 Å². The smallest absolute Gasteiger partial charge is 0.148 e. The van der Waals surface area contributed by atoms with Gasteiger partial charge in [0.2, 0.25) is 0 Å². The lowest BCUT2D eigenvalue weighted by molar-refractivity contribution is 0.306. The highest BCUT2D eigenvalue weighted by Crippen LogP contribution is 2.19. The number of hydrogen-bond acceptors (Lipinski definition) is 4. The fourth-order valence-electron chi connectivity index (χ4n) is 2.46. The van der Waals surface area contributed by atoms with Crippen molar-refractivity contribution in [3.63, 3.8) is 0 Å². The predicted molar refractivity (Wildman–Crippen MR) is 89.5 cm³/mol. The molecule has 5 heteroatoms. The second-order valence-electron chi connectivity index (χ2n) is 5.86. The molecule has 0 fully saturated rings. The lowest BCUT2D eigenvalue weighted by atomic mass is 9.99. The first-order valence-corrected chi connectivity index (χ1v) is 9.45. The summed E-state index contributed by atoms with van der Waals surface area (Å²) in [6.45, 7) is 8.56. The van der Waals surface area contributed by atoms with Crippen LogP contribution in [-0.2, 0) is 9.84 Å². The van der Waals surface area contributed by atoms with E-state index in [4.69, 9.17) is 0 Å².